The van der Waals surface area contributed by atoms with E-state index < -0.39 is 0 Å². The minimum absolute atomic E-state index is 0. The Bertz CT molecular complexity index is 450. The summed E-state index contributed by atoms with van der Waals surface area (Å²) in [7, 11) is 1.67. The van der Waals surface area contributed by atoms with Gasteiger partial charge in [0.05, 0.1) is 7.11 Å². The molecule has 0 aromatic heterocycles. The fraction of sp³-hybridized carbons (Fsp3) is 0.588. The fourth-order valence-corrected chi connectivity index (χ4v) is 2.81. The lowest BCUT2D eigenvalue weighted by Gasteiger charge is -2.27. The summed E-state index contributed by atoms with van der Waals surface area (Å²) in [4.78, 5) is 12.1. The van der Waals surface area contributed by atoms with Gasteiger partial charge in [0.1, 0.15) is 5.75 Å². The topological polar surface area (TPSA) is 50.4 Å². The Kier molecular flexibility index (Phi) is 8.28. The molecule has 2 rings (SSSR count). The Labute approximate surface area is 139 Å². The van der Waals surface area contributed by atoms with Crippen LogP contribution in [0.4, 0.5) is 0 Å². The summed E-state index contributed by atoms with van der Waals surface area (Å²) in [6, 6.07) is 8.56. The van der Waals surface area contributed by atoms with Crippen molar-refractivity contribution in [1.82, 2.24) is 10.6 Å². The molecule has 5 heteroatoms. The fourth-order valence-electron chi connectivity index (χ4n) is 2.81. The third kappa shape index (κ3) is 5.85. The van der Waals surface area contributed by atoms with Gasteiger partial charge in [-0.1, -0.05) is 12.1 Å². The minimum Gasteiger partial charge on any atom is -0.497 e. The van der Waals surface area contributed by atoms with Crippen molar-refractivity contribution >= 4 is 18.3 Å². The molecule has 1 fully saturated rings. The van der Waals surface area contributed by atoms with E-state index in [-0.39, 0.29) is 24.2 Å². The van der Waals surface area contributed by atoms with Crippen LogP contribution in [0.3, 0.4) is 0 Å². The van der Waals surface area contributed by atoms with Crippen LogP contribution < -0.4 is 15.4 Å². The molecular formula is C17H27ClN2O2. The highest BCUT2D eigenvalue weighted by atomic mass is 35.5. The van der Waals surface area contributed by atoms with Gasteiger partial charge in [-0.3, -0.25) is 4.79 Å². The number of ether oxygens (including phenoxy) is 1. The Morgan fingerprint density at radius 2 is 2.09 bits per heavy atom. The molecule has 1 aliphatic heterocycles. The van der Waals surface area contributed by atoms with E-state index in [2.05, 4.69) is 29.7 Å². The van der Waals surface area contributed by atoms with Crippen molar-refractivity contribution in [1.29, 1.82) is 0 Å². The van der Waals surface area contributed by atoms with Gasteiger partial charge < -0.3 is 15.4 Å². The van der Waals surface area contributed by atoms with Gasteiger partial charge in [-0.05, 0) is 56.8 Å². The molecule has 2 N–H and O–H groups in total. The average molecular weight is 327 g/mol. The van der Waals surface area contributed by atoms with Gasteiger partial charge in [-0.2, -0.15) is 0 Å². The number of halogens is 1. The summed E-state index contributed by atoms with van der Waals surface area (Å²) >= 11 is 0. The van der Waals surface area contributed by atoms with Crippen molar-refractivity contribution in [2.45, 2.75) is 38.6 Å². The Balaban J connectivity index is 0.00000242. The lowest BCUT2D eigenvalue weighted by atomic mass is 9.92. The molecule has 1 aromatic rings. The van der Waals surface area contributed by atoms with Gasteiger partial charge in [0.15, 0.2) is 0 Å². The summed E-state index contributed by atoms with van der Waals surface area (Å²) in [5, 5.41) is 6.45. The smallest absolute Gasteiger partial charge is 0.223 e. The molecule has 1 saturated heterocycles. The van der Waals surface area contributed by atoms with Crippen molar-refractivity contribution in [3.8, 4) is 5.75 Å². The van der Waals surface area contributed by atoms with E-state index in [1.807, 2.05) is 12.1 Å². The summed E-state index contributed by atoms with van der Waals surface area (Å²) < 4.78 is 5.14. The second-order valence-corrected chi connectivity index (χ2v) is 5.82. The monoisotopic (exact) mass is 326 g/mol. The van der Waals surface area contributed by atoms with Gasteiger partial charge in [0.2, 0.25) is 5.91 Å². The summed E-state index contributed by atoms with van der Waals surface area (Å²) in [6.07, 6.45) is 3.85. The molecule has 2 atom stereocenters. The van der Waals surface area contributed by atoms with Crippen LogP contribution in [-0.4, -0.2) is 32.1 Å². The number of piperidine rings is 1. The highest BCUT2D eigenvalue weighted by molar-refractivity contribution is 5.85. The molecule has 22 heavy (non-hydrogen) atoms. The maximum Gasteiger partial charge on any atom is 0.223 e. The third-order valence-corrected chi connectivity index (χ3v) is 4.09. The SMILES string of the molecule is COc1ccc(CCCNC(=O)[C@H]2CCN[C@@H](C)C2)cc1.Cl. The average Bonchev–Trinajstić information content (AvgIpc) is 2.52. The molecule has 0 saturated carbocycles. The van der Waals surface area contributed by atoms with Gasteiger partial charge in [0, 0.05) is 18.5 Å². The first kappa shape index (κ1) is 18.8. The molecule has 1 aliphatic rings. The zero-order valence-electron chi connectivity index (χ0n) is 13.4. The number of aryl methyl sites for hydroxylation is 1. The summed E-state index contributed by atoms with van der Waals surface area (Å²) in [5.74, 6) is 1.28. The van der Waals surface area contributed by atoms with Crippen LogP contribution >= 0.6 is 12.4 Å². The molecule has 0 bridgehead atoms. The number of benzene rings is 1. The van der Waals surface area contributed by atoms with Crippen molar-refractivity contribution in [3.63, 3.8) is 0 Å². The number of hydrogen-bond donors (Lipinski definition) is 2. The number of hydrogen-bond acceptors (Lipinski definition) is 3. The van der Waals surface area contributed by atoms with E-state index in [9.17, 15) is 4.79 Å². The van der Waals surface area contributed by atoms with Gasteiger partial charge in [0.25, 0.3) is 0 Å². The maximum atomic E-state index is 12.1. The number of amides is 1. The predicted molar refractivity (Wildman–Crippen MR) is 91.8 cm³/mol. The standard InChI is InChI=1S/C17H26N2O2.ClH/c1-13-12-15(9-11-18-13)17(20)19-10-3-4-14-5-7-16(21-2)8-6-14;/h5-8,13,15,18H,3-4,9-12H2,1-2H3,(H,19,20);1H/t13-,15-;/m0./s1. The number of methoxy groups -OCH3 is 1. The van der Waals surface area contributed by atoms with Crippen molar-refractivity contribution in [2.24, 2.45) is 5.92 Å². The van der Waals surface area contributed by atoms with Crippen LogP contribution in [0.1, 0.15) is 31.7 Å². The minimum atomic E-state index is 0. The van der Waals surface area contributed by atoms with E-state index in [1.165, 1.54) is 5.56 Å². The van der Waals surface area contributed by atoms with E-state index in [0.717, 1.165) is 44.5 Å². The number of nitrogens with one attached hydrogen (secondary N) is 2. The first-order valence-electron chi connectivity index (χ1n) is 7.83. The maximum absolute atomic E-state index is 12.1. The van der Waals surface area contributed by atoms with E-state index >= 15 is 0 Å². The van der Waals surface area contributed by atoms with E-state index in [4.69, 9.17) is 4.74 Å². The van der Waals surface area contributed by atoms with E-state index in [1.54, 1.807) is 7.11 Å². The molecule has 0 aliphatic carbocycles. The molecule has 1 heterocycles. The van der Waals surface area contributed by atoms with Crippen molar-refractivity contribution < 1.29 is 9.53 Å². The number of rotatable bonds is 6. The quantitative estimate of drug-likeness (QED) is 0.790. The molecule has 0 spiro atoms. The van der Waals surface area contributed by atoms with Gasteiger partial charge >= 0.3 is 0 Å². The molecule has 1 amide bonds. The Morgan fingerprint density at radius 1 is 1.36 bits per heavy atom. The third-order valence-electron chi connectivity index (χ3n) is 4.09. The Hall–Kier alpha value is -1.26. The highest BCUT2D eigenvalue weighted by Crippen LogP contribution is 2.16. The Morgan fingerprint density at radius 3 is 2.73 bits per heavy atom. The van der Waals surface area contributed by atoms with Crippen LogP contribution in [0.25, 0.3) is 0 Å². The van der Waals surface area contributed by atoms with Crippen molar-refractivity contribution in [3.05, 3.63) is 29.8 Å². The lowest BCUT2D eigenvalue weighted by molar-refractivity contribution is -0.126. The van der Waals surface area contributed by atoms with Crippen LogP contribution in [0, 0.1) is 5.92 Å². The summed E-state index contributed by atoms with van der Waals surface area (Å²) in [6.45, 7) is 3.84. The van der Waals surface area contributed by atoms with E-state index in [0.29, 0.717) is 6.04 Å². The highest BCUT2D eigenvalue weighted by Gasteiger charge is 2.24. The van der Waals surface area contributed by atoms with Gasteiger partial charge in [-0.15, -0.1) is 12.4 Å². The zero-order valence-corrected chi connectivity index (χ0v) is 14.2. The first-order chi connectivity index (χ1) is 10.2. The summed E-state index contributed by atoms with van der Waals surface area (Å²) in [5.41, 5.74) is 1.28. The zero-order chi connectivity index (χ0) is 15.1. The van der Waals surface area contributed by atoms with Crippen LogP contribution in [0.2, 0.25) is 0 Å². The predicted octanol–water partition coefficient (Wildman–Crippen LogP) is 2.55. The molecule has 124 valence electrons. The molecule has 0 unspecified atom stereocenters. The molecular weight excluding hydrogens is 300 g/mol. The van der Waals surface area contributed by atoms with Crippen LogP contribution in [0.5, 0.6) is 5.75 Å². The first-order valence-corrected chi connectivity index (χ1v) is 7.83. The molecule has 1 aromatic carbocycles. The molecule has 4 nitrogen and oxygen atoms in total. The normalized spacial score (nSPS) is 20.8. The number of carbonyl (C=O) groups is 1. The second kappa shape index (κ2) is 9.70. The van der Waals surface area contributed by atoms with Gasteiger partial charge in [-0.25, -0.2) is 0 Å². The van der Waals surface area contributed by atoms with Crippen LogP contribution in [-0.2, 0) is 11.2 Å². The van der Waals surface area contributed by atoms with Crippen LogP contribution in [0.15, 0.2) is 24.3 Å². The lowest BCUT2D eigenvalue weighted by Crippen LogP contribution is -2.42. The van der Waals surface area contributed by atoms with Crippen molar-refractivity contribution in [2.75, 3.05) is 20.2 Å². The largest absolute Gasteiger partial charge is 0.497 e. The number of carbonyl (C=O) groups excluding carboxylic acids is 1. The second-order valence-electron chi connectivity index (χ2n) is 5.82. The molecule has 0 radical (unpaired) electrons.